The second-order valence-electron chi connectivity index (χ2n) is 15.4. The van der Waals surface area contributed by atoms with Crippen LogP contribution in [0.3, 0.4) is 0 Å². The molecule has 2 aromatic heterocycles. The minimum Gasteiger partial charge on any atom is -0.453 e. The summed E-state index contributed by atoms with van der Waals surface area (Å²) in [4.78, 5) is 71.2. The van der Waals surface area contributed by atoms with Crippen LogP contribution in [-0.2, 0) is 19.1 Å². The molecule has 5 aromatic rings. The Balaban J connectivity index is 1.08. The Morgan fingerprint density at radius 1 is 0.661 bits per heavy atom. The van der Waals surface area contributed by atoms with Crippen molar-refractivity contribution in [2.24, 2.45) is 11.8 Å². The zero-order chi connectivity index (χ0) is 39.7. The van der Waals surface area contributed by atoms with Gasteiger partial charge in [0.1, 0.15) is 23.7 Å². The van der Waals surface area contributed by atoms with Gasteiger partial charge in [0.15, 0.2) is 0 Å². The van der Waals surface area contributed by atoms with Crippen LogP contribution in [0.5, 0.6) is 0 Å². The number of nitrogens with zero attached hydrogens (tertiary/aromatic N) is 4. The fraction of sp³-hybridized carbons (Fsp3) is 0.429. The van der Waals surface area contributed by atoms with Crippen molar-refractivity contribution in [2.45, 2.75) is 77.5 Å². The van der Waals surface area contributed by atoms with Gasteiger partial charge in [0, 0.05) is 24.2 Å². The molecule has 0 aliphatic carbocycles. The van der Waals surface area contributed by atoms with Gasteiger partial charge in [-0.05, 0) is 71.2 Å². The molecule has 2 saturated heterocycles. The van der Waals surface area contributed by atoms with E-state index in [0.717, 1.165) is 81.4 Å². The van der Waals surface area contributed by atoms with Gasteiger partial charge in [-0.15, -0.1) is 0 Å². The smallest absolute Gasteiger partial charge is 0.407 e. The Morgan fingerprint density at radius 3 is 1.45 bits per heavy atom. The highest BCUT2D eigenvalue weighted by atomic mass is 16.5. The summed E-state index contributed by atoms with van der Waals surface area (Å²) in [5.41, 5.74) is 3.70. The molecule has 4 heterocycles. The monoisotopic (exact) mass is 762 g/mol. The molecule has 4 amide bonds. The second-order valence-corrected chi connectivity index (χ2v) is 15.4. The van der Waals surface area contributed by atoms with Gasteiger partial charge in [-0.1, -0.05) is 64.1 Å². The summed E-state index contributed by atoms with van der Waals surface area (Å²) in [7, 11) is 2.58. The molecule has 14 nitrogen and oxygen atoms in total. The Labute approximate surface area is 325 Å². The fourth-order valence-corrected chi connectivity index (χ4v) is 8.10. The van der Waals surface area contributed by atoms with Gasteiger partial charge in [-0.2, -0.15) is 0 Å². The lowest BCUT2D eigenvalue weighted by molar-refractivity contribution is -0.136. The molecule has 2 aliphatic heterocycles. The molecule has 7 rings (SSSR count). The van der Waals surface area contributed by atoms with Crippen molar-refractivity contribution in [3.05, 3.63) is 72.6 Å². The first kappa shape index (κ1) is 38.4. The highest BCUT2D eigenvalue weighted by Crippen LogP contribution is 2.36. The number of benzene rings is 3. The van der Waals surface area contributed by atoms with E-state index in [1.807, 2.05) is 49.9 Å². The van der Waals surface area contributed by atoms with Crippen LogP contribution in [0, 0.1) is 11.8 Å². The topological polar surface area (TPSA) is 175 Å². The Kier molecular flexibility index (Phi) is 11.0. The highest BCUT2D eigenvalue weighted by molar-refractivity contribution is 6.09. The molecule has 14 heteroatoms. The van der Waals surface area contributed by atoms with Crippen molar-refractivity contribution in [3.8, 4) is 22.5 Å². The molecular weight excluding hydrogens is 713 g/mol. The van der Waals surface area contributed by atoms with E-state index in [1.54, 1.807) is 0 Å². The third kappa shape index (κ3) is 7.52. The number of H-pyrrole nitrogens is 2. The third-order valence-corrected chi connectivity index (χ3v) is 11.1. The number of alkyl carbamates (subject to hydrolysis) is 2. The van der Waals surface area contributed by atoms with Crippen molar-refractivity contribution in [3.63, 3.8) is 0 Å². The lowest BCUT2D eigenvalue weighted by Crippen LogP contribution is -2.51. The zero-order valence-corrected chi connectivity index (χ0v) is 32.7. The molecular formula is C42H50N8O6. The maximum absolute atomic E-state index is 13.6. The van der Waals surface area contributed by atoms with Gasteiger partial charge in [0.05, 0.1) is 50.1 Å². The number of methoxy groups -OCH3 is 2. The standard InChI is InChI=1S/C42H50N8O6/c1-23(2)35(47-41(53)55-5)39(51)49-17-7-9-33(49)37-43-21-31(45-37)27-13-15-29-25(19-27)11-12-26-20-28(14-16-30(26)29)32-22-44-38(46-32)34-10-8-18-50(34)40(52)36(24(3)4)48-42(54)56-6/h11-16,19-24,33-36H,7-10,17-18H2,1-6H3,(H,43,45)(H,44,46)(H,47,53)(H,48,54)/t33-,34-,35-,36-/m0/s1. The van der Waals surface area contributed by atoms with Crippen molar-refractivity contribution >= 4 is 45.5 Å². The van der Waals surface area contributed by atoms with Gasteiger partial charge >= 0.3 is 12.2 Å². The van der Waals surface area contributed by atoms with E-state index < -0.39 is 24.3 Å². The lowest BCUT2D eigenvalue weighted by Gasteiger charge is -2.30. The predicted octanol–water partition coefficient (Wildman–Crippen LogP) is 6.86. The maximum atomic E-state index is 13.6. The average molecular weight is 763 g/mol. The number of aromatic amines is 2. The van der Waals surface area contributed by atoms with Crippen LogP contribution in [0.2, 0.25) is 0 Å². The number of rotatable bonds is 10. The van der Waals surface area contributed by atoms with Crippen molar-refractivity contribution < 1.29 is 28.7 Å². The highest BCUT2D eigenvalue weighted by Gasteiger charge is 2.39. The van der Waals surface area contributed by atoms with Crippen LogP contribution < -0.4 is 10.6 Å². The minimum atomic E-state index is -0.692. The van der Waals surface area contributed by atoms with E-state index >= 15 is 0 Å². The zero-order valence-electron chi connectivity index (χ0n) is 32.7. The number of fused-ring (bicyclic) bond motifs is 3. The molecule has 2 aliphatic rings. The van der Waals surface area contributed by atoms with E-state index in [1.165, 1.54) is 14.2 Å². The predicted molar refractivity (Wildman–Crippen MR) is 212 cm³/mol. The van der Waals surface area contributed by atoms with Gasteiger partial charge in [0.25, 0.3) is 0 Å². The number of hydrogen-bond acceptors (Lipinski definition) is 8. The van der Waals surface area contributed by atoms with Gasteiger partial charge in [-0.25, -0.2) is 19.6 Å². The number of carbonyl (C=O) groups is 4. The molecule has 3 aromatic carbocycles. The van der Waals surface area contributed by atoms with Gasteiger partial charge in [-0.3, -0.25) is 9.59 Å². The van der Waals surface area contributed by atoms with Crippen molar-refractivity contribution in [1.29, 1.82) is 0 Å². The number of nitrogens with one attached hydrogen (secondary N) is 4. The summed E-state index contributed by atoms with van der Waals surface area (Å²) in [6.07, 6.45) is 5.64. The Hall–Kier alpha value is -5.92. The van der Waals surface area contributed by atoms with Crippen LogP contribution >= 0.6 is 0 Å². The van der Waals surface area contributed by atoms with Crippen LogP contribution in [-0.4, -0.2) is 93.1 Å². The van der Waals surface area contributed by atoms with E-state index in [0.29, 0.717) is 13.1 Å². The number of hydrogen-bond donors (Lipinski definition) is 4. The van der Waals surface area contributed by atoms with E-state index in [2.05, 4.69) is 69.1 Å². The molecule has 4 atom stereocenters. The van der Waals surface area contributed by atoms with Crippen LogP contribution in [0.25, 0.3) is 44.1 Å². The van der Waals surface area contributed by atoms with E-state index in [-0.39, 0.29) is 35.7 Å². The number of imidazole rings is 2. The normalized spacial score (nSPS) is 18.1. The summed E-state index contributed by atoms with van der Waals surface area (Å²) >= 11 is 0. The first-order valence-electron chi connectivity index (χ1n) is 19.3. The SMILES string of the molecule is COC(=O)N[C@H](C(=O)N1CCC[C@H]1c1ncc(-c2ccc3c(ccc4cc(-c5cnc([C@@H]6CCCN6C(=O)[C@@H](NC(=O)OC)C(C)C)[nH]5)ccc43)c2)[nH]1)C(C)C. The fourth-order valence-electron chi connectivity index (χ4n) is 8.10. The summed E-state index contributed by atoms with van der Waals surface area (Å²) in [6, 6.07) is 15.1. The number of carbonyl (C=O) groups excluding carboxylic acids is 4. The van der Waals surface area contributed by atoms with Crippen LogP contribution in [0.15, 0.2) is 60.9 Å². The van der Waals surface area contributed by atoms with E-state index in [4.69, 9.17) is 19.4 Å². The molecule has 0 saturated carbocycles. The van der Waals surface area contributed by atoms with Gasteiger partial charge < -0.3 is 39.9 Å². The number of likely N-dealkylation sites (tertiary alicyclic amines) is 2. The first-order chi connectivity index (χ1) is 27.0. The second kappa shape index (κ2) is 16.0. The average Bonchev–Trinajstić information content (AvgIpc) is 4.04. The summed E-state index contributed by atoms with van der Waals surface area (Å²) in [5, 5.41) is 9.81. The molecule has 4 N–H and O–H groups in total. The molecule has 0 bridgehead atoms. The summed E-state index contributed by atoms with van der Waals surface area (Å²) in [5.74, 6) is 0.951. The number of aromatic nitrogens is 4. The van der Waals surface area contributed by atoms with Gasteiger partial charge in [0.2, 0.25) is 11.8 Å². The molecule has 294 valence electrons. The summed E-state index contributed by atoms with van der Waals surface area (Å²) in [6.45, 7) is 8.79. The van der Waals surface area contributed by atoms with Crippen LogP contribution in [0.1, 0.15) is 77.1 Å². The van der Waals surface area contributed by atoms with Crippen LogP contribution in [0.4, 0.5) is 9.59 Å². The quantitative estimate of drug-likeness (QED) is 0.112. The van der Waals surface area contributed by atoms with E-state index in [9.17, 15) is 19.2 Å². The Morgan fingerprint density at radius 2 is 1.07 bits per heavy atom. The minimum absolute atomic E-state index is 0.108. The molecule has 0 unspecified atom stereocenters. The van der Waals surface area contributed by atoms with Crippen molar-refractivity contribution in [1.82, 2.24) is 40.4 Å². The molecule has 0 spiro atoms. The maximum Gasteiger partial charge on any atom is 0.407 e. The Bertz CT molecular complexity index is 2100. The first-order valence-corrected chi connectivity index (χ1v) is 19.3. The lowest BCUT2D eigenvalue weighted by atomic mass is 9.97. The molecule has 2 fully saturated rings. The number of amides is 4. The largest absolute Gasteiger partial charge is 0.453 e. The molecule has 56 heavy (non-hydrogen) atoms. The van der Waals surface area contributed by atoms with Crippen molar-refractivity contribution in [2.75, 3.05) is 27.3 Å². The number of ether oxygens (including phenoxy) is 2. The third-order valence-electron chi connectivity index (χ3n) is 11.1. The molecule has 0 radical (unpaired) electrons. The summed E-state index contributed by atoms with van der Waals surface area (Å²) < 4.78 is 9.54.